The van der Waals surface area contributed by atoms with Crippen molar-refractivity contribution in [2.45, 2.75) is 13.8 Å². The van der Waals surface area contributed by atoms with Crippen molar-refractivity contribution >= 4 is 28.4 Å². The fourth-order valence-corrected chi connectivity index (χ4v) is 2.42. The minimum atomic E-state index is 0.476. The van der Waals surface area contributed by atoms with Gasteiger partial charge in [-0.2, -0.15) is 0 Å². The zero-order valence-corrected chi connectivity index (χ0v) is 12.4. The highest BCUT2D eigenvalue weighted by Gasteiger charge is 2.03. The molecule has 2 rings (SSSR count). The van der Waals surface area contributed by atoms with Crippen LogP contribution >= 0.6 is 11.6 Å². The molecule has 0 aromatic heterocycles. The van der Waals surface area contributed by atoms with Gasteiger partial charge in [-0.05, 0) is 40.5 Å². The molecule has 2 aromatic rings. The summed E-state index contributed by atoms with van der Waals surface area (Å²) >= 11 is 5.99. The molecular formula is C17H19ClO. The van der Waals surface area contributed by atoms with Crippen molar-refractivity contribution in [1.82, 2.24) is 0 Å². The number of halogens is 1. The first-order chi connectivity index (χ1) is 9.13. The van der Waals surface area contributed by atoms with E-state index in [1.165, 1.54) is 21.9 Å². The molecule has 100 valence electrons. The van der Waals surface area contributed by atoms with Gasteiger partial charge in [0.05, 0.1) is 7.11 Å². The van der Waals surface area contributed by atoms with Crippen molar-refractivity contribution in [1.29, 1.82) is 0 Å². The Hall–Kier alpha value is -1.47. The quantitative estimate of drug-likeness (QED) is 0.703. The SMILES string of the molecule is COc1ccc2cc(C=C(CCl)C(C)C)ccc2c1. The van der Waals surface area contributed by atoms with E-state index in [1.54, 1.807) is 7.11 Å². The Labute approximate surface area is 119 Å². The molecule has 2 aromatic carbocycles. The summed E-state index contributed by atoms with van der Waals surface area (Å²) in [5.41, 5.74) is 2.46. The van der Waals surface area contributed by atoms with Gasteiger partial charge in [-0.25, -0.2) is 0 Å². The lowest BCUT2D eigenvalue weighted by Gasteiger charge is -2.08. The molecule has 0 N–H and O–H groups in total. The minimum absolute atomic E-state index is 0.476. The average molecular weight is 275 g/mol. The van der Waals surface area contributed by atoms with Gasteiger partial charge in [0.2, 0.25) is 0 Å². The molecule has 0 aliphatic heterocycles. The average Bonchev–Trinajstić information content (AvgIpc) is 2.43. The molecule has 0 fully saturated rings. The number of hydrogen-bond donors (Lipinski definition) is 0. The lowest BCUT2D eigenvalue weighted by Crippen LogP contribution is -1.95. The monoisotopic (exact) mass is 274 g/mol. The van der Waals surface area contributed by atoms with Gasteiger partial charge < -0.3 is 4.74 Å². The molecule has 0 aliphatic carbocycles. The summed E-state index contributed by atoms with van der Waals surface area (Å²) in [4.78, 5) is 0. The lowest BCUT2D eigenvalue weighted by atomic mass is 10.00. The maximum Gasteiger partial charge on any atom is 0.119 e. The summed E-state index contributed by atoms with van der Waals surface area (Å²) in [7, 11) is 1.69. The lowest BCUT2D eigenvalue weighted by molar-refractivity contribution is 0.415. The summed E-state index contributed by atoms with van der Waals surface area (Å²) in [6, 6.07) is 12.5. The minimum Gasteiger partial charge on any atom is -0.497 e. The topological polar surface area (TPSA) is 9.23 Å². The predicted octanol–water partition coefficient (Wildman–Crippen LogP) is 5.13. The second kappa shape index (κ2) is 6.12. The van der Waals surface area contributed by atoms with E-state index < -0.39 is 0 Å². The first-order valence-electron chi connectivity index (χ1n) is 6.48. The highest BCUT2D eigenvalue weighted by Crippen LogP contribution is 2.24. The van der Waals surface area contributed by atoms with Crippen molar-refractivity contribution in [2.24, 2.45) is 5.92 Å². The van der Waals surface area contributed by atoms with Crippen LogP contribution in [-0.4, -0.2) is 13.0 Å². The molecule has 1 nitrogen and oxygen atoms in total. The van der Waals surface area contributed by atoms with Crippen LogP contribution in [0.3, 0.4) is 0 Å². The molecule has 0 radical (unpaired) electrons. The molecular weight excluding hydrogens is 256 g/mol. The molecule has 0 bridgehead atoms. The molecule has 0 saturated carbocycles. The zero-order chi connectivity index (χ0) is 13.8. The first-order valence-corrected chi connectivity index (χ1v) is 7.01. The van der Waals surface area contributed by atoms with Crippen LogP contribution < -0.4 is 4.74 Å². The fraction of sp³-hybridized carbons (Fsp3) is 0.294. The highest BCUT2D eigenvalue weighted by molar-refractivity contribution is 6.19. The summed E-state index contributed by atoms with van der Waals surface area (Å²) in [6.45, 7) is 4.33. The number of rotatable bonds is 4. The van der Waals surface area contributed by atoms with Crippen molar-refractivity contribution in [2.75, 3.05) is 13.0 Å². The van der Waals surface area contributed by atoms with E-state index in [9.17, 15) is 0 Å². The largest absolute Gasteiger partial charge is 0.497 e. The number of alkyl halides is 1. The van der Waals surface area contributed by atoms with Crippen molar-refractivity contribution in [3.05, 3.63) is 47.5 Å². The molecule has 0 aliphatic rings. The van der Waals surface area contributed by atoms with Crippen molar-refractivity contribution < 1.29 is 4.74 Å². The van der Waals surface area contributed by atoms with E-state index in [0.717, 1.165) is 5.75 Å². The van der Waals surface area contributed by atoms with E-state index in [4.69, 9.17) is 16.3 Å². The maximum absolute atomic E-state index is 5.99. The van der Waals surface area contributed by atoms with Gasteiger partial charge in [-0.1, -0.05) is 43.7 Å². The molecule has 0 amide bonds. The van der Waals surface area contributed by atoms with E-state index in [2.05, 4.69) is 44.2 Å². The third kappa shape index (κ3) is 3.30. The van der Waals surface area contributed by atoms with E-state index in [0.29, 0.717) is 11.8 Å². The number of ether oxygens (including phenoxy) is 1. The highest BCUT2D eigenvalue weighted by atomic mass is 35.5. The first kappa shape index (κ1) is 14.0. The van der Waals surface area contributed by atoms with Crippen LogP contribution in [0.5, 0.6) is 5.75 Å². The molecule has 0 heterocycles. The third-order valence-corrected chi connectivity index (χ3v) is 3.63. The van der Waals surface area contributed by atoms with Crippen LogP contribution in [0.25, 0.3) is 16.8 Å². The Morgan fingerprint density at radius 3 is 2.47 bits per heavy atom. The Kier molecular flexibility index (Phi) is 4.49. The number of methoxy groups -OCH3 is 1. The number of allylic oxidation sites excluding steroid dienone is 1. The van der Waals surface area contributed by atoms with Gasteiger partial charge in [-0.15, -0.1) is 11.6 Å². The van der Waals surface area contributed by atoms with Gasteiger partial charge in [0.1, 0.15) is 5.75 Å². The fourth-order valence-electron chi connectivity index (χ4n) is 2.03. The van der Waals surface area contributed by atoms with Crippen molar-refractivity contribution in [3.8, 4) is 5.75 Å². The number of fused-ring (bicyclic) bond motifs is 1. The van der Waals surface area contributed by atoms with E-state index in [1.807, 2.05) is 12.1 Å². The Bertz CT molecular complexity index is 599. The van der Waals surface area contributed by atoms with Crippen LogP contribution in [0, 0.1) is 5.92 Å². The summed E-state index contributed by atoms with van der Waals surface area (Å²) in [6.07, 6.45) is 2.18. The van der Waals surface area contributed by atoms with Crippen LogP contribution in [0.4, 0.5) is 0 Å². The van der Waals surface area contributed by atoms with Gasteiger partial charge >= 0.3 is 0 Å². The number of benzene rings is 2. The Morgan fingerprint density at radius 2 is 1.84 bits per heavy atom. The van der Waals surface area contributed by atoms with E-state index >= 15 is 0 Å². The molecule has 0 atom stereocenters. The zero-order valence-electron chi connectivity index (χ0n) is 11.6. The van der Waals surface area contributed by atoms with E-state index in [-0.39, 0.29) is 0 Å². The van der Waals surface area contributed by atoms with Crippen LogP contribution in [-0.2, 0) is 0 Å². The molecule has 2 heteroatoms. The molecule has 0 saturated heterocycles. The van der Waals surface area contributed by atoms with Crippen molar-refractivity contribution in [3.63, 3.8) is 0 Å². The molecule has 0 spiro atoms. The summed E-state index contributed by atoms with van der Waals surface area (Å²) in [5.74, 6) is 1.95. The summed E-state index contributed by atoms with van der Waals surface area (Å²) in [5, 5.41) is 2.40. The van der Waals surface area contributed by atoms with Crippen LogP contribution in [0.15, 0.2) is 42.0 Å². The Morgan fingerprint density at radius 1 is 1.16 bits per heavy atom. The predicted molar refractivity (Wildman–Crippen MR) is 84.0 cm³/mol. The van der Waals surface area contributed by atoms with Gasteiger partial charge in [-0.3, -0.25) is 0 Å². The Balaban J connectivity index is 2.42. The summed E-state index contributed by atoms with van der Waals surface area (Å²) < 4.78 is 5.24. The normalized spacial score (nSPS) is 12.2. The third-order valence-electron chi connectivity index (χ3n) is 3.32. The second-order valence-electron chi connectivity index (χ2n) is 4.98. The van der Waals surface area contributed by atoms with Gasteiger partial charge in [0.15, 0.2) is 0 Å². The number of hydrogen-bond acceptors (Lipinski definition) is 1. The smallest absolute Gasteiger partial charge is 0.119 e. The molecule has 0 unspecified atom stereocenters. The van der Waals surface area contributed by atoms with Crippen LogP contribution in [0.1, 0.15) is 19.4 Å². The maximum atomic E-state index is 5.99. The van der Waals surface area contributed by atoms with Crippen LogP contribution in [0.2, 0.25) is 0 Å². The molecule has 19 heavy (non-hydrogen) atoms. The van der Waals surface area contributed by atoms with Gasteiger partial charge in [0.25, 0.3) is 0 Å². The van der Waals surface area contributed by atoms with Gasteiger partial charge in [0, 0.05) is 5.88 Å². The standard InChI is InChI=1S/C17H19ClO/c1-12(2)16(11-18)9-13-4-5-15-10-17(19-3)7-6-14(15)8-13/h4-10,12H,11H2,1-3H3. The second-order valence-corrected chi connectivity index (χ2v) is 5.25.